The number of hydroxylamine groups is 2. The Balaban J connectivity index is 1.47. The van der Waals surface area contributed by atoms with E-state index in [1.807, 2.05) is 67.6 Å². The highest BCUT2D eigenvalue weighted by molar-refractivity contribution is 8.00. The number of amidine groups is 1. The molecule has 0 unspecified atom stereocenters. The lowest BCUT2D eigenvalue weighted by molar-refractivity contribution is -0.183. The van der Waals surface area contributed by atoms with E-state index < -0.39 is 5.60 Å². The standard InChI is InChI=1S/C27H33N5O4S3/c1-27(2,3)36-32(17-33)24(28)22-14-20(26(37-5)39-22)25-29-21(16-38-25)18-7-6-8-19(13-18)35-15-23(34)31-11-9-30(4)10-12-31/h6-8,13-14,16-17,28H,9-12,15H2,1-5H3. The number of carbonyl (C=O) groups is 2. The second-order valence-electron chi connectivity index (χ2n) is 10.0. The second-order valence-corrected chi connectivity index (χ2v) is 13.0. The van der Waals surface area contributed by atoms with Crippen LogP contribution in [0.4, 0.5) is 0 Å². The predicted octanol–water partition coefficient (Wildman–Crippen LogP) is 4.93. The van der Waals surface area contributed by atoms with E-state index in [9.17, 15) is 9.59 Å². The fraction of sp³-hybridized carbons (Fsp3) is 0.407. The molecule has 0 bridgehead atoms. The van der Waals surface area contributed by atoms with Gasteiger partial charge in [-0.1, -0.05) is 12.1 Å². The highest BCUT2D eigenvalue weighted by Crippen LogP contribution is 2.41. The Kier molecular flexibility index (Phi) is 9.44. The first-order valence-corrected chi connectivity index (χ1v) is 15.4. The molecule has 39 heavy (non-hydrogen) atoms. The summed E-state index contributed by atoms with van der Waals surface area (Å²) in [5, 5.41) is 12.3. The van der Waals surface area contributed by atoms with Crippen LogP contribution in [0.2, 0.25) is 0 Å². The first-order valence-electron chi connectivity index (χ1n) is 12.4. The molecule has 1 aromatic carbocycles. The number of hydrogen-bond acceptors (Lipinski definition) is 10. The van der Waals surface area contributed by atoms with Gasteiger partial charge in [0.15, 0.2) is 12.4 Å². The van der Waals surface area contributed by atoms with Crippen molar-refractivity contribution in [2.45, 2.75) is 30.6 Å². The van der Waals surface area contributed by atoms with Gasteiger partial charge in [0.25, 0.3) is 5.91 Å². The van der Waals surface area contributed by atoms with Crippen molar-refractivity contribution in [3.63, 3.8) is 0 Å². The van der Waals surface area contributed by atoms with Gasteiger partial charge in [-0.3, -0.25) is 19.8 Å². The van der Waals surface area contributed by atoms with Gasteiger partial charge < -0.3 is 14.5 Å². The number of carbonyl (C=O) groups excluding carboxylic acids is 2. The van der Waals surface area contributed by atoms with Gasteiger partial charge in [0.05, 0.1) is 20.4 Å². The third-order valence-electron chi connectivity index (χ3n) is 5.89. The van der Waals surface area contributed by atoms with Crippen LogP contribution in [0.5, 0.6) is 5.75 Å². The van der Waals surface area contributed by atoms with Gasteiger partial charge in [0, 0.05) is 42.7 Å². The largest absolute Gasteiger partial charge is 0.484 e. The molecule has 3 heterocycles. The van der Waals surface area contributed by atoms with E-state index in [0.29, 0.717) is 17.0 Å². The smallest absolute Gasteiger partial charge is 0.260 e. The van der Waals surface area contributed by atoms with Crippen molar-refractivity contribution in [2.75, 3.05) is 46.1 Å². The molecule has 208 valence electrons. The van der Waals surface area contributed by atoms with Crippen LogP contribution < -0.4 is 4.74 Å². The van der Waals surface area contributed by atoms with Gasteiger partial charge >= 0.3 is 0 Å². The molecule has 4 rings (SSSR count). The van der Waals surface area contributed by atoms with Crippen molar-refractivity contribution in [2.24, 2.45) is 0 Å². The summed E-state index contributed by atoms with van der Waals surface area (Å²) < 4.78 is 6.83. The van der Waals surface area contributed by atoms with Gasteiger partial charge in [-0.2, -0.15) is 5.06 Å². The Labute approximate surface area is 241 Å². The van der Waals surface area contributed by atoms with Gasteiger partial charge in [-0.05, 0) is 52.3 Å². The molecule has 12 heteroatoms. The number of thioether (sulfide) groups is 1. The molecular weight excluding hydrogens is 555 g/mol. The summed E-state index contributed by atoms with van der Waals surface area (Å²) in [7, 11) is 2.06. The fourth-order valence-electron chi connectivity index (χ4n) is 3.88. The van der Waals surface area contributed by atoms with E-state index in [4.69, 9.17) is 20.0 Å². The highest BCUT2D eigenvalue weighted by Gasteiger charge is 2.24. The lowest BCUT2D eigenvalue weighted by Crippen LogP contribution is -2.48. The molecule has 0 spiro atoms. The van der Waals surface area contributed by atoms with Gasteiger partial charge in [-0.15, -0.1) is 34.4 Å². The van der Waals surface area contributed by atoms with E-state index in [2.05, 4.69) is 11.9 Å². The highest BCUT2D eigenvalue weighted by atomic mass is 32.2. The summed E-state index contributed by atoms with van der Waals surface area (Å²) in [6.07, 6.45) is 2.49. The number of amides is 2. The molecule has 9 nitrogen and oxygen atoms in total. The van der Waals surface area contributed by atoms with Crippen molar-refractivity contribution in [3.8, 4) is 27.6 Å². The molecule has 2 amide bonds. The van der Waals surface area contributed by atoms with Crippen molar-refractivity contribution >= 4 is 52.6 Å². The monoisotopic (exact) mass is 587 g/mol. The van der Waals surface area contributed by atoms with Crippen LogP contribution in [0.15, 0.2) is 39.9 Å². The Morgan fingerprint density at radius 2 is 1.97 bits per heavy atom. The molecule has 0 radical (unpaired) electrons. The second kappa shape index (κ2) is 12.6. The van der Waals surface area contributed by atoms with Crippen molar-refractivity contribution in [1.29, 1.82) is 5.41 Å². The minimum Gasteiger partial charge on any atom is -0.484 e. The van der Waals surface area contributed by atoms with Gasteiger partial charge in [-0.25, -0.2) is 4.98 Å². The number of benzene rings is 1. The van der Waals surface area contributed by atoms with Gasteiger partial charge in [0.1, 0.15) is 10.8 Å². The van der Waals surface area contributed by atoms with Crippen molar-refractivity contribution in [1.82, 2.24) is 19.8 Å². The number of hydrogen-bond donors (Lipinski definition) is 1. The SMILES string of the molecule is CSc1sc(C(=N)N(C=O)OC(C)(C)C)cc1-c1nc(-c2cccc(OCC(=O)N3CCN(C)CC3)c2)cs1. The third-order valence-corrected chi connectivity index (χ3v) is 9.04. The van der Waals surface area contributed by atoms with Crippen LogP contribution in [0.1, 0.15) is 25.6 Å². The predicted molar refractivity (Wildman–Crippen MR) is 158 cm³/mol. The molecule has 0 saturated carbocycles. The van der Waals surface area contributed by atoms with Crippen molar-refractivity contribution < 1.29 is 19.2 Å². The van der Waals surface area contributed by atoms with E-state index in [0.717, 1.165) is 57.3 Å². The third kappa shape index (κ3) is 7.46. The quantitative estimate of drug-likeness (QED) is 0.125. The maximum Gasteiger partial charge on any atom is 0.260 e. The summed E-state index contributed by atoms with van der Waals surface area (Å²) >= 11 is 4.51. The van der Waals surface area contributed by atoms with Crippen LogP contribution in [-0.2, 0) is 14.4 Å². The zero-order valence-corrected chi connectivity index (χ0v) is 25.2. The molecular formula is C27H33N5O4S3. The number of piperazine rings is 1. The average molecular weight is 588 g/mol. The summed E-state index contributed by atoms with van der Waals surface area (Å²) in [4.78, 5) is 39.3. The summed E-state index contributed by atoms with van der Waals surface area (Å²) in [6, 6.07) is 9.48. The fourth-order valence-corrected chi connectivity index (χ4v) is 6.67. The number of thiazole rings is 1. The Bertz CT molecular complexity index is 1320. The average Bonchev–Trinajstić information content (AvgIpc) is 3.57. The Morgan fingerprint density at radius 3 is 2.64 bits per heavy atom. The Hall–Kier alpha value is -2.77. The number of rotatable bonds is 9. The number of likely N-dealkylation sites (N-methyl/N-ethyl adjacent to an activating group) is 1. The zero-order valence-electron chi connectivity index (χ0n) is 22.7. The molecule has 1 aliphatic rings. The first kappa shape index (κ1) is 29.2. The lowest BCUT2D eigenvalue weighted by Gasteiger charge is -2.32. The van der Waals surface area contributed by atoms with Gasteiger partial charge in [0.2, 0.25) is 6.41 Å². The van der Waals surface area contributed by atoms with E-state index in [1.165, 1.54) is 22.7 Å². The normalized spacial score (nSPS) is 14.3. The number of thiophene rings is 1. The molecule has 0 atom stereocenters. The van der Waals surface area contributed by atoms with Crippen LogP contribution >= 0.6 is 34.4 Å². The molecule has 1 N–H and O–H groups in total. The minimum absolute atomic E-state index is 0.00563. The maximum atomic E-state index is 12.6. The zero-order chi connectivity index (χ0) is 28.2. The first-order chi connectivity index (χ1) is 18.6. The molecule has 1 aliphatic heterocycles. The minimum atomic E-state index is -0.615. The molecule has 0 aliphatic carbocycles. The molecule has 2 aromatic heterocycles. The Morgan fingerprint density at radius 1 is 1.23 bits per heavy atom. The summed E-state index contributed by atoms with van der Waals surface area (Å²) in [5.74, 6) is 0.599. The van der Waals surface area contributed by atoms with E-state index >= 15 is 0 Å². The summed E-state index contributed by atoms with van der Waals surface area (Å²) in [5.41, 5.74) is 1.99. The molecule has 3 aromatic rings. The van der Waals surface area contributed by atoms with Crippen LogP contribution in [0, 0.1) is 5.41 Å². The van der Waals surface area contributed by atoms with E-state index in [-0.39, 0.29) is 18.3 Å². The molecule has 1 saturated heterocycles. The number of aromatic nitrogens is 1. The molecule has 1 fully saturated rings. The number of ether oxygens (including phenoxy) is 1. The van der Waals surface area contributed by atoms with Crippen LogP contribution in [-0.4, -0.2) is 89.7 Å². The number of nitrogens with one attached hydrogen (secondary N) is 1. The lowest BCUT2D eigenvalue weighted by atomic mass is 10.1. The summed E-state index contributed by atoms with van der Waals surface area (Å²) in [6.45, 7) is 8.67. The van der Waals surface area contributed by atoms with Crippen LogP contribution in [0.3, 0.4) is 0 Å². The number of nitrogens with zero attached hydrogens (tertiary/aromatic N) is 4. The van der Waals surface area contributed by atoms with Crippen LogP contribution in [0.25, 0.3) is 21.8 Å². The topological polar surface area (TPSA) is 99.1 Å². The maximum absolute atomic E-state index is 12.6. The van der Waals surface area contributed by atoms with E-state index in [1.54, 1.807) is 11.8 Å². The van der Waals surface area contributed by atoms with Crippen molar-refractivity contribution in [3.05, 3.63) is 40.6 Å².